The number of halogens is 1. The lowest BCUT2D eigenvalue weighted by Crippen LogP contribution is -2.24. The van der Waals surface area contributed by atoms with Crippen LogP contribution in [0.3, 0.4) is 0 Å². The topological polar surface area (TPSA) is 76.0 Å². The molecular weight excluding hydrogens is 455 g/mol. The molecule has 2 heterocycles. The van der Waals surface area contributed by atoms with Crippen molar-refractivity contribution >= 4 is 17.5 Å². The lowest BCUT2D eigenvalue weighted by Gasteiger charge is -2.10. The summed E-state index contributed by atoms with van der Waals surface area (Å²) in [6.45, 7) is 1.15. The molecule has 3 aromatic carbocycles. The predicted molar refractivity (Wildman–Crippen MR) is 137 cm³/mol. The van der Waals surface area contributed by atoms with Crippen LogP contribution in [-0.2, 0) is 19.5 Å². The number of hydrogen-bond donors (Lipinski definition) is 2. The van der Waals surface area contributed by atoms with Crippen molar-refractivity contribution in [2.24, 2.45) is 0 Å². The second-order valence-corrected chi connectivity index (χ2v) is 8.90. The van der Waals surface area contributed by atoms with Gasteiger partial charge in [-0.25, -0.2) is 9.37 Å². The second-order valence-electron chi connectivity index (χ2n) is 8.90. The van der Waals surface area contributed by atoms with E-state index in [0.717, 1.165) is 54.9 Å². The number of benzene rings is 3. The number of carbonyl (C=O) groups excluding carboxylic acids is 2. The molecule has 0 fully saturated rings. The minimum Gasteiger partial charge on any atom is -0.347 e. The highest BCUT2D eigenvalue weighted by atomic mass is 19.1. The monoisotopic (exact) mass is 482 g/mol. The minimum atomic E-state index is -0.394. The highest BCUT2D eigenvalue weighted by molar-refractivity contribution is 6.04. The molecule has 36 heavy (non-hydrogen) atoms. The third kappa shape index (κ3) is 5.20. The molecule has 0 saturated heterocycles. The smallest absolute Gasteiger partial charge is 0.272 e. The van der Waals surface area contributed by atoms with Gasteiger partial charge in [0.05, 0.1) is 5.69 Å². The molecule has 0 spiro atoms. The van der Waals surface area contributed by atoms with Gasteiger partial charge in [-0.3, -0.25) is 9.59 Å². The highest BCUT2D eigenvalue weighted by Crippen LogP contribution is 2.27. The first-order valence-corrected chi connectivity index (χ1v) is 12.2. The zero-order valence-electron chi connectivity index (χ0n) is 19.8. The summed E-state index contributed by atoms with van der Waals surface area (Å²) in [6.07, 6.45) is 4.07. The molecule has 182 valence electrons. The van der Waals surface area contributed by atoms with Crippen LogP contribution in [0.2, 0.25) is 0 Å². The molecule has 6 nitrogen and oxygen atoms in total. The fourth-order valence-corrected chi connectivity index (χ4v) is 4.54. The number of rotatable bonds is 6. The van der Waals surface area contributed by atoms with E-state index in [0.29, 0.717) is 23.5 Å². The Morgan fingerprint density at radius 3 is 2.50 bits per heavy atom. The van der Waals surface area contributed by atoms with Crippen molar-refractivity contribution in [2.45, 2.75) is 38.8 Å². The summed E-state index contributed by atoms with van der Waals surface area (Å²) in [7, 11) is 0. The molecule has 0 atom stereocenters. The molecule has 4 aromatic rings. The molecule has 0 saturated carbocycles. The van der Waals surface area contributed by atoms with Crippen molar-refractivity contribution in [1.82, 2.24) is 14.9 Å². The largest absolute Gasteiger partial charge is 0.347 e. The second kappa shape index (κ2) is 10.6. The number of amides is 2. The number of imidazole rings is 1. The molecule has 0 unspecified atom stereocenters. The fraction of sp³-hybridized carbons (Fsp3) is 0.207. The number of fused-ring (bicyclic) bond motifs is 1. The molecule has 1 aromatic heterocycles. The Kier molecular flexibility index (Phi) is 6.89. The van der Waals surface area contributed by atoms with Crippen LogP contribution in [0.4, 0.5) is 10.1 Å². The normalized spacial score (nSPS) is 12.9. The third-order valence-electron chi connectivity index (χ3n) is 6.36. The zero-order valence-corrected chi connectivity index (χ0v) is 19.8. The van der Waals surface area contributed by atoms with Gasteiger partial charge < -0.3 is 15.2 Å². The van der Waals surface area contributed by atoms with E-state index in [1.807, 2.05) is 48.5 Å². The van der Waals surface area contributed by atoms with Crippen LogP contribution in [0.25, 0.3) is 11.4 Å². The van der Waals surface area contributed by atoms with Crippen molar-refractivity contribution < 1.29 is 14.0 Å². The van der Waals surface area contributed by atoms with E-state index in [1.54, 1.807) is 6.07 Å². The van der Waals surface area contributed by atoms with Gasteiger partial charge in [0.25, 0.3) is 11.8 Å². The molecule has 2 amide bonds. The number of nitrogens with one attached hydrogen (secondary N) is 2. The molecule has 1 aliphatic heterocycles. The van der Waals surface area contributed by atoms with Gasteiger partial charge in [0, 0.05) is 29.9 Å². The van der Waals surface area contributed by atoms with Gasteiger partial charge in [0.1, 0.15) is 17.3 Å². The van der Waals surface area contributed by atoms with Crippen molar-refractivity contribution in [3.63, 3.8) is 0 Å². The number of carbonyl (C=O) groups is 2. The maximum atomic E-state index is 13.2. The molecule has 0 radical (unpaired) electrons. The van der Waals surface area contributed by atoms with E-state index >= 15 is 0 Å². The quantitative estimate of drug-likeness (QED) is 0.376. The summed E-state index contributed by atoms with van der Waals surface area (Å²) in [5, 5.41) is 5.82. The van der Waals surface area contributed by atoms with Gasteiger partial charge in [0.15, 0.2) is 0 Å². The fourth-order valence-electron chi connectivity index (χ4n) is 4.54. The summed E-state index contributed by atoms with van der Waals surface area (Å²) in [4.78, 5) is 30.5. The van der Waals surface area contributed by atoms with Gasteiger partial charge in [-0.2, -0.15) is 0 Å². The third-order valence-corrected chi connectivity index (χ3v) is 6.36. The van der Waals surface area contributed by atoms with Gasteiger partial charge in [-0.15, -0.1) is 0 Å². The standard InChI is InChI=1S/C29H27FN4O2/c30-23-15-13-22(14-16-23)28(35)32-24-11-7-8-20(18-24)19-31-29(36)26-25-12-5-2-6-17-34(25)27(33-26)21-9-3-1-4-10-21/h1,3-4,7-11,13-16,18H,2,5-6,12,17,19H2,(H,31,36)(H,32,35). The molecule has 1 aliphatic rings. The Labute approximate surface area is 209 Å². The van der Waals surface area contributed by atoms with E-state index < -0.39 is 5.82 Å². The van der Waals surface area contributed by atoms with Crippen LogP contribution >= 0.6 is 0 Å². The van der Waals surface area contributed by atoms with Gasteiger partial charge >= 0.3 is 0 Å². The maximum absolute atomic E-state index is 13.2. The molecule has 7 heteroatoms. The predicted octanol–water partition coefficient (Wildman–Crippen LogP) is 5.60. The molecule has 0 aliphatic carbocycles. The average molecular weight is 483 g/mol. The number of anilines is 1. The highest BCUT2D eigenvalue weighted by Gasteiger charge is 2.24. The molecule has 0 bridgehead atoms. The van der Waals surface area contributed by atoms with Gasteiger partial charge in [-0.05, 0) is 61.2 Å². The first kappa shape index (κ1) is 23.5. The Morgan fingerprint density at radius 2 is 1.69 bits per heavy atom. The molecular formula is C29H27FN4O2. The van der Waals surface area contributed by atoms with Crippen LogP contribution in [-0.4, -0.2) is 21.4 Å². The zero-order chi connectivity index (χ0) is 24.9. The Balaban J connectivity index is 1.30. The van der Waals surface area contributed by atoms with E-state index in [9.17, 15) is 14.0 Å². The Hall–Kier alpha value is -4.26. The summed E-state index contributed by atoms with van der Waals surface area (Å²) in [5.41, 5.74) is 4.28. The number of nitrogens with zero attached hydrogens (tertiary/aromatic N) is 2. The lowest BCUT2D eigenvalue weighted by atomic mass is 10.1. The molecule has 5 rings (SSSR count). The maximum Gasteiger partial charge on any atom is 0.272 e. The SMILES string of the molecule is O=C(Nc1cccc(CNC(=O)c2nc(-c3ccccc3)n3c2CCCCC3)c1)c1ccc(F)cc1. The van der Waals surface area contributed by atoms with Crippen LogP contribution in [0.5, 0.6) is 0 Å². The van der Waals surface area contributed by atoms with Crippen molar-refractivity contribution in [2.75, 3.05) is 5.32 Å². The minimum absolute atomic E-state index is 0.205. The van der Waals surface area contributed by atoms with Crippen LogP contribution < -0.4 is 10.6 Å². The van der Waals surface area contributed by atoms with Crippen molar-refractivity contribution in [1.29, 1.82) is 0 Å². The first-order valence-electron chi connectivity index (χ1n) is 12.2. The van der Waals surface area contributed by atoms with Crippen LogP contribution in [0.1, 0.15) is 51.4 Å². The van der Waals surface area contributed by atoms with E-state index in [4.69, 9.17) is 4.98 Å². The van der Waals surface area contributed by atoms with Crippen molar-refractivity contribution in [3.8, 4) is 11.4 Å². The summed E-state index contributed by atoms with van der Waals surface area (Å²) in [6, 6.07) is 22.6. The van der Waals surface area contributed by atoms with Crippen LogP contribution in [0.15, 0.2) is 78.9 Å². The molecule has 2 N–H and O–H groups in total. The van der Waals surface area contributed by atoms with Crippen molar-refractivity contribution in [3.05, 3.63) is 107 Å². The summed E-state index contributed by atoms with van der Waals surface area (Å²) in [5.74, 6) is -0.0909. The Bertz CT molecular complexity index is 1380. The van der Waals surface area contributed by atoms with Gasteiger partial charge in [-0.1, -0.05) is 48.9 Å². The first-order chi connectivity index (χ1) is 17.6. The number of aromatic nitrogens is 2. The average Bonchev–Trinajstić information content (AvgIpc) is 3.09. The van der Waals surface area contributed by atoms with Gasteiger partial charge in [0.2, 0.25) is 0 Å². The Morgan fingerprint density at radius 1 is 0.889 bits per heavy atom. The summed E-state index contributed by atoms with van der Waals surface area (Å²) >= 11 is 0. The van der Waals surface area contributed by atoms with Crippen LogP contribution in [0, 0.1) is 5.82 Å². The number of hydrogen-bond acceptors (Lipinski definition) is 3. The summed E-state index contributed by atoms with van der Waals surface area (Å²) < 4.78 is 15.3. The van der Waals surface area contributed by atoms with E-state index in [-0.39, 0.29) is 11.8 Å². The van der Waals surface area contributed by atoms with E-state index in [1.165, 1.54) is 24.3 Å². The van der Waals surface area contributed by atoms with E-state index in [2.05, 4.69) is 15.2 Å². The lowest BCUT2D eigenvalue weighted by molar-refractivity contribution is 0.0944.